The molecule has 0 bridgehead atoms. The van der Waals surface area contributed by atoms with Gasteiger partial charge in [-0.15, -0.1) is 0 Å². The molecular weight excluding hydrogens is 440 g/mol. The lowest BCUT2D eigenvalue weighted by Crippen LogP contribution is -2.69. The van der Waals surface area contributed by atoms with Gasteiger partial charge in [0.15, 0.2) is 0 Å². The molecule has 0 aliphatic heterocycles. The molecule has 0 unspecified atom stereocenters. The van der Waals surface area contributed by atoms with Crippen LogP contribution in [0.1, 0.15) is 98.8 Å². The van der Waals surface area contributed by atoms with Crippen LogP contribution in [0.4, 0.5) is 0 Å². The second-order valence-electron chi connectivity index (χ2n) is 14.4. The Morgan fingerprint density at radius 3 is 2.09 bits per heavy atom. The van der Waals surface area contributed by atoms with E-state index in [4.69, 9.17) is 0 Å². The highest BCUT2D eigenvalue weighted by molar-refractivity contribution is 5.80. The lowest BCUT2D eigenvalue weighted by atomic mass is 9.32. The van der Waals surface area contributed by atoms with E-state index in [1.807, 2.05) is 6.92 Å². The highest BCUT2D eigenvalue weighted by Gasteiger charge is 2.75. The smallest absolute Gasteiger partial charge is 0.310 e. The van der Waals surface area contributed by atoms with Gasteiger partial charge in [-0.1, -0.05) is 39.8 Å². The topological polar surface area (TPSA) is 94.8 Å². The molecule has 0 heterocycles. The van der Waals surface area contributed by atoms with E-state index in [-0.39, 0.29) is 46.0 Å². The maximum Gasteiger partial charge on any atom is 0.310 e. The average molecular weight is 487 g/mol. The summed E-state index contributed by atoms with van der Waals surface area (Å²) in [5, 5.41) is 32.5. The van der Waals surface area contributed by atoms with Crippen molar-refractivity contribution in [3.05, 3.63) is 12.2 Å². The van der Waals surface area contributed by atoms with Crippen LogP contribution in [0.15, 0.2) is 12.2 Å². The standard InChI is InChI=1S/C30H46O5/c1-17(2)18-9-14-29(24(32)33)15-16-30(25(34)35)19(23(18)29)7-8-21-27(5)12-11-22(31)26(3,4)20(27)10-13-28(21,30)6/h18-23,31H,1,7-16H2,2-6H3,(H,32,33)(H,34,35)/t18-,19-,20+,21-,22+,23+,27+,28-,29+,30-/m1/s1. The fourth-order valence-corrected chi connectivity index (χ4v) is 11.6. The Morgan fingerprint density at radius 2 is 1.49 bits per heavy atom. The van der Waals surface area contributed by atoms with E-state index >= 15 is 0 Å². The summed E-state index contributed by atoms with van der Waals surface area (Å²) in [5.74, 6) is -0.959. The molecule has 196 valence electrons. The molecule has 5 heteroatoms. The molecule has 0 aromatic heterocycles. The maximum absolute atomic E-state index is 13.5. The van der Waals surface area contributed by atoms with E-state index in [2.05, 4.69) is 34.3 Å². The molecule has 5 nitrogen and oxygen atoms in total. The summed E-state index contributed by atoms with van der Waals surface area (Å²) in [5.41, 5.74) is -1.25. The van der Waals surface area contributed by atoms with Gasteiger partial charge in [0.1, 0.15) is 0 Å². The summed E-state index contributed by atoms with van der Waals surface area (Å²) >= 11 is 0. The number of aliphatic carboxylic acids is 2. The Kier molecular flexibility index (Phi) is 5.48. The van der Waals surface area contributed by atoms with Gasteiger partial charge in [-0.3, -0.25) is 9.59 Å². The zero-order valence-electron chi connectivity index (χ0n) is 22.4. The minimum atomic E-state index is -0.897. The largest absolute Gasteiger partial charge is 0.481 e. The Hall–Kier alpha value is -1.36. The maximum atomic E-state index is 13.5. The van der Waals surface area contributed by atoms with E-state index in [0.717, 1.165) is 50.5 Å². The second-order valence-corrected chi connectivity index (χ2v) is 14.4. The number of carbonyl (C=O) groups is 2. The number of carboxylic acid groups (broad SMARTS) is 2. The molecule has 35 heavy (non-hydrogen) atoms. The van der Waals surface area contributed by atoms with Crippen molar-refractivity contribution >= 4 is 11.9 Å². The second kappa shape index (κ2) is 7.58. The zero-order valence-corrected chi connectivity index (χ0v) is 22.4. The molecule has 0 aromatic rings. The van der Waals surface area contributed by atoms with Gasteiger partial charge in [0.2, 0.25) is 0 Å². The molecule has 5 rings (SSSR count). The third-order valence-electron chi connectivity index (χ3n) is 13.3. The van der Waals surface area contributed by atoms with Crippen LogP contribution in [-0.4, -0.2) is 33.4 Å². The summed E-state index contributed by atoms with van der Waals surface area (Å²) < 4.78 is 0. The van der Waals surface area contributed by atoms with Crippen molar-refractivity contribution in [2.24, 2.45) is 56.7 Å². The predicted octanol–water partition coefficient (Wildman–Crippen LogP) is 6.15. The van der Waals surface area contributed by atoms with Crippen LogP contribution in [0.2, 0.25) is 0 Å². The van der Waals surface area contributed by atoms with E-state index in [0.29, 0.717) is 25.2 Å². The van der Waals surface area contributed by atoms with Crippen LogP contribution >= 0.6 is 0 Å². The Labute approximate surface area is 210 Å². The number of aliphatic hydroxyl groups excluding tert-OH is 1. The van der Waals surface area contributed by atoms with Gasteiger partial charge in [-0.05, 0) is 117 Å². The van der Waals surface area contributed by atoms with Crippen molar-refractivity contribution in [3.8, 4) is 0 Å². The van der Waals surface area contributed by atoms with E-state index in [1.165, 1.54) is 0 Å². The summed E-state index contributed by atoms with van der Waals surface area (Å²) in [4.78, 5) is 26.3. The number of carboxylic acids is 2. The monoisotopic (exact) mass is 486 g/mol. The molecule has 3 N–H and O–H groups in total. The number of allylic oxidation sites excluding steroid dienone is 1. The van der Waals surface area contributed by atoms with Crippen molar-refractivity contribution in [2.45, 2.75) is 105 Å². The van der Waals surface area contributed by atoms with Crippen molar-refractivity contribution in [3.63, 3.8) is 0 Å². The molecule has 0 radical (unpaired) electrons. The van der Waals surface area contributed by atoms with Crippen LogP contribution in [-0.2, 0) is 9.59 Å². The first kappa shape index (κ1) is 25.3. The molecule has 0 aromatic carbocycles. The van der Waals surface area contributed by atoms with Gasteiger partial charge < -0.3 is 15.3 Å². The minimum Gasteiger partial charge on any atom is -0.481 e. The molecule has 5 aliphatic rings. The fraction of sp³-hybridized carbons (Fsp3) is 0.867. The quantitative estimate of drug-likeness (QED) is 0.416. The summed E-state index contributed by atoms with van der Waals surface area (Å²) in [6.45, 7) is 15.3. The predicted molar refractivity (Wildman–Crippen MR) is 135 cm³/mol. The highest BCUT2D eigenvalue weighted by atomic mass is 16.4. The number of rotatable bonds is 3. The van der Waals surface area contributed by atoms with Gasteiger partial charge in [-0.25, -0.2) is 0 Å². The molecule has 5 aliphatic carbocycles. The van der Waals surface area contributed by atoms with Gasteiger partial charge in [0.25, 0.3) is 0 Å². The highest BCUT2D eigenvalue weighted by Crippen LogP contribution is 2.77. The lowest BCUT2D eigenvalue weighted by Gasteiger charge is -2.71. The Bertz CT molecular complexity index is 954. The molecule has 0 saturated heterocycles. The first-order valence-electron chi connectivity index (χ1n) is 14.0. The summed E-state index contributed by atoms with van der Waals surface area (Å²) in [6, 6.07) is 0. The van der Waals surface area contributed by atoms with Crippen LogP contribution in [0.25, 0.3) is 0 Å². The third-order valence-corrected chi connectivity index (χ3v) is 13.3. The zero-order chi connectivity index (χ0) is 25.8. The molecule has 0 spiro atoms. The van der Waals surface area contributed by atoms with Crippen molar-refractivity contribution in [1.29, 1.82) is 0 Å². The Morgan fingerprint density at radius 1 is 0.800 bits per heavy atom. The molecule has 5 saturated carbocycles. The molecule has 5 fully saturated rings. The van der Waals surface area contributed by atoms with E-state index in [1.54, 1.807) is 0 Å². The van der Waals surface area contributed by atoms with E-state index < -0.39 is 22.8 Å². The van der Waals surface area contributed by atoms with Gasteiger partial charge >= 0.3 is 11.9 Å². The first-order chi connectivity index (χ1) is 16.2. The third kappa shape index (κ3) is 2.85. The van der Waals surface area contributed by atoms with E-state index in [9.17, 15) is 24.9 Å². The molecule has 0 amide bonds. The normalized spacial score (nSPS) is 52.4. The molecule has 10 atom stereocenters. The lowest BCUT2D eigenvalue weighted by molar-refractivity contribution is -0.254. The van der Waals surface area contributed by atoms with Crippen LogP contribution in [0.5, 0.6) is 0 Å². The van der Waals surface area contributed by atoms with Crippen LogP contribution in [0, 0.1) is 56.7 Å². The number of aliphatic hydroxyl groups is 1. The number of hydrogen-bond donors (Lipinski definition) is 3. The fourth-order valence-electron chi connectivity index (χ4n) is 11.6. The van der Waals surface area contributed by atoms with Gasteiger partial charge in [0.05, 0.1) is 16.9 Å². The summed E-state index contributed by atoms with van der Waals surface area (Å²) in [7, 11) is 0. The minimum absolute atomic E-state index is 0.00604. The van der Waals surface area contributed by atoms with Gasteiger partial charge in [-0.2, -0.15) is 0 Å². The van der Waals surface area contributed by atoms with Crippen LogP contribution in [0.3, 0.4) is 0 Å². The number of hydrogen-bond acceptors (Lipinski definition) is 3. The van der Waals surface area contributed by atoms with Gasteiger partial charge in [0, 0.05) is 0 Å². The van der Waals surface area contributed by atoms with Crippen LogP contribution < -0.4 is 0 Å². The summed E-state index contributed by atoms with van der Waals surface area (Å²) in [6.07, 6.45) is 7.34. The SMILES string of the molecule is C=C(C)[C@H]1CC[C@]2(C(=O)O)CC[C@]3(C(=O)O)[C@H](CC[C@@H]4[C@@]5(C)CC[C@H](O)C(C)(C)[C@@H]5CC[C@]43C)[C@H]12. The average Bonchev–Trinajstić information content (AvgIpc) is 3.18. The first-order valence-corrected chi connectivity index (χ1v) is 14.0. The molecular formula is C30H46O5. The van der Waals surface area contributed by atoms with Crippen molar-refractivity contribution in [2.75, 3.05) is 0 Å². The van der Waals surface area contributed by atoms with Crippen molar-refractivity contribution in [1.82, 2.24) is 0 Å². The Balaban J connectivity index is 1.64. The number of fused-ring (bicyclic) bond motifs is 7. The van der Waals surface area contributed by atoms with Crippen molar-refractivity contribution < 1.29 is 24.9 Å².